The molecule has 0 N–H and O–H groups in total. The third kappa shape index (κ3) is 2.39. The SMILES string of the molecule is O=C1CCCn2cc(C#Cc3cc(F)c(F)c(F)c3F)cc21. The van der Waals surface area contributed by atoms with Crippen molar-refractivity contribution < 1.29 is 22.4 Å². The molecule has 0 amide bonds. The highest BCUT2D eigenvalue weighted by atomic mass is 19.2. The molecule has 0 spiro atoms. The Kier molecular flexibility index (Phi) is 3.49. The van der Waals surface area contributed by atoms with Crippen LogP contribution < -0.4 is 0 Å². The molecule has 6 heteroatoms. The number of carbonyl (C=O) groups is 1. The van der Waals surface area contributed by atoms with Crippen molar-refractivity contribution in [2.24, 2.45) is 0 Å². The predicted molar refractivity (Wildman–Crippen MR) is 70.3 cm³/mol. The third-order valence-corrected chi connectivity index (χ3v) is 3.43. The maximum Gasteiger partial charge on any atom is 0.198 e. The number of hydrogen-bond donors (Lipinski definition) is 0. The van der Waals surface area contributed by atoms with E-state index in [9.17, 15) is 22.4 Å². The van der Waals surface area contributed by atoms with Gasteiger partial charge in [0, 0.05) is 24.7 Å². The van der Waals surface area contributed by atoms with Crippen LogP contribution in [0.2, 0.25) is 0 Å². The van der Waals surface area contributed by atoms with Crippen LogP contribution in [0.4, 0.5) is 17.6 Å². The molecule has 1 aliphatic rings. The topological polar surface area (TPSA) is 22.0 Å². The Balaban J connectivity index is 1.99. The summed E-state index contributed by atoms with van der Waals surface area (Å²) in [4.78, 5) is 11.7. The van der Waals surface area contributed by atoms with Crippen molar-refractivity contribution in [3.8, 4) is 11.8 Å². The van der Waals surface area contributed by atoms with Crippen molar-refractivity contribution in [3.63, 3.8) is 0 Å². The summed E-state index contributed by atoms with van der Waals surface area (Å²) in [6.07, 6.45) is 2.81. The van der Waals surface area contributed by atoms with Gasteiger partial charge in [-0.1, -0.05) is 11.8 Å². The molecule has 3 rings (SSSR count). The lowest BCUT2D eigenvalue weighted by molar-refractivity contribution is 0.0955. The lowest BCUT2D eigenvalue weighted by Crippen LogP contribution is -2.14. The molecular formula is C16H9F4NO. The number of hydrogen-bond acceptors (Lipinski definition) is 1. The first kappa shape index (κ1) is 14.4. The monoisotopic (exact) mass is 307 g/mol. The summed E-state index contributed by atoms with van der Waals surface area (Å²) in [5.41, 5.74) is 0.356. The van der Waals surface area contributed by atoms with Crippen molar-refractivity contribution in [1.82, 2.24) is 4.57 Å². The summed E-state index contributed by atoms with van der Waals surface area (Å²) in [5, 5.41) is 0. The fraction of sp³-hybridized carbons (Fsp3) is 0.188. The molecular weight excluding hydrogens is 298 g/mol. The Morgan fingerprint density at radius 1 is 1.00 bits per heavy atom. The maximum atomic E-state index is 13.5. The van der Waals surface area contributed by atoms with Gasteiger partial charge < -0.3 is 4.57 Å². The van der Waals surface area contributed by atoms with Gasteiger partial charge in [-0.2, -0.15) is 0 Å². The summed E-state index contributed by atoms with van der Waals surface area (Å²) in [6, 6.07) is 2.05. The molecule has 0 fully saturated rings. The van der Waals surface area contributed by atoms with E-state index in [1.807, 2.05) is 0 Å². The average Bonchev–Trinajstić information content (AvgIpc) is 2.92. The van der Waals surface area contributed by atoms with Gasteiger partial charge in [0.1, 0.15) is 0 Å². The molecule has 1 aromatic carbocycles. The van der Waals surface area contributed by atoms with Gasteiger partial charge in [0.15, 0.2) is 29.1 Å². The van der Waals surface area contributed by atoms with E-state index < -0.39 is 28.8 Å². The number of benzene rings is 1. The van der Waals surface area contributed by atoms with E-state index in [-0.39, 0.29) is 5.78 Å². The van der Waals surface area contributed by atoms with Crippen molar-refractivity contribution in [3.05, 3.63) is 58.4 Å². The van der Waals surface area contributed by atoms with Crippen molar-refractivity contribution in [2.75, 3.05) is 0 Å². The molecule has 22 heavy (non-hydrogen) atoms. The summed E-state index contributed by atoms with van der Waals surface area (Å²) in [5.74, 6) is -2.01. The number of nitrogens with zero attached hydrogens (tertiary/aromatic N) is 1. The second-order valence-corrected chi connectivity index (χ2v) is 4.93. The smallest absolute Gasteiger partial charge is 0.198 e. The van der Waals surface area contributed by atoms with Crippen LogP contribution in [0.25, 0.3) is 0 Å². The van der Waals surface area contributed by atoms with Crippen molar-refractivity contribution >= 4 is 5.78 Å². The first-order valence-corrected chi connectivity index (χ1v) is 6.56. The summed E-state index contributed by atoms with van der Waals surface area (Å²) in [6.45, 7) is 0.677. The van der Waals surface area contributed by atoms with Crippen molar-refractivity contribution in [1.29, 1.82) is 0 Å². The standard InChI is InChI=1S/C16H9F4NO/c17-11-7-10(14(18)16(20)15(11)19)4-3-9-6-12-13(22)2-1-5-21(12)8-9/h6-8H,1-2,5H2. The molecule has 0 saturated heterocycles. The van der Waals surface area contributed by atoms with Crippen LogP contribution in [0.15, 0.2) is 18.3 Å². The second kappa shape index (κ2) is 5.34. The fourth-order valence-electron chi connectivity index (χ4n) is 2.34. The van der Waals surface area contributed by atoms with E-state index >= 15 is 0 Å². The molecule has 0 radical (unpaired) electrons. The van der Waals surface area contributed by atoms with Gasteiger partial charge in [0.25, 0.3) is 0 Å². The van der Waals surface area contributed by atoms with Gasteiger partial charge in [-0.25, -0.2) is 17.6 Å². The normalized spacial score (nSPS) is 13.5. The zero-order chi connectivity index (χ0) is 15.9. The number of rotatable bonds is 0. The Morgan fingerprint density at radius 3 is 2.50 bits per heavy atom. The van der Waals surface area contributed by atoms with Crippen LogP contribution in [0.1, 0.15) is 34.5 Å². The lowest BCUT2D eigenvalue weighted by Gasteiger charge is -2.12. The molecule has 0 aliphatic carbocycles. The minimum absolute atomic E-state index is 0.00986. The average molecular weight is 307 g/mol. The minimum atomic E-state index is -1.89. The molecule has 0 bridgehead atoms. The summed E-state index contributed by atoms with van der Waals surface area (Å²) in [7, 11) is 0. The molecule has 2 nitrogen and oxygen atoms in total. The molecule has 0 atom stereocenters. The Labute approximate surface area is 123 Å². The first-order valence-electron chi connectivity index (χ1n) is 6.56. The molecule has 112 valence electrons. The largest absolute Gasteiger partial charge is 0.344 e. The minimum Gasteiger partial charge on any atom is -0.344 e. The van der Waals surface area contributed by atoms with E-state index in [4.69, 9.17) is 0 Å². The van der Waals surface area contributed by atoms with Gasteiger partial charge >= 0.3 is 0 Å². The maximum absolute atomic E-state index is 13.5. The molecule has 2 heterocycles. The number of ketones is 1. The van der Waals surface area contributed by atoms with Crippen LogP contribution in [-0.2, 0) is 6.54 Å². The van der Waals surface area contributed by atoms with Gasteiger partial charge in [0.2, 0.25) is 0 Å². The van der Waals surface area contributed by atoms with Crippen LogP contribution in [0.3, 0.4) is 0 Å². The van der Waals surface area contributed by atoms with Crippen LogP contribution >= 0.6 is 0 Å². The first-order chi connectivity index (χ1) is 10.5. The quantitative estimate of drug-likeness (QED) is 0.316. The predicted octanol–water partition coefficient (Wildman–Crippen LogP) is 3.42. The summed E-state index contributed by atoms with van der Waals surface area (Å²) >= 11 is 0. The van der Waals surface area contributed by atoms with Crippen LogP contribution in [-0.4, -0.2) is 10.4 Å². The van der Waals surface area contributed by atoms with E-state index in [1.165, 1.54) is 0 Å². The van der Waals surface area contributed by atoms with Crippen LogP contribution in [0, 0.1) is 35.1 Å². The molecule has 0 saturated carbocycles. The molecule has 1 aromatic heterocycles. The Hall–Kier alpha value is -2.55. The number of carbonyl (C=O) groups excluding carboxylic acids is 1. The second-order valence-electron chi connectivity index (χ2n) is 4.93. The van der Waals surface area contributed by atoms with Gasteiger partial charge in [-0.15, -0.1) is 0 Å². The van der Waals surface area contributed by atoms with E-state index in [0.29, 0.717) is 30.3 Å². The van der Waals surface area contributed by atoms with Gasteiger partial charge in [-0.05, 0) is 18.6 Å². The number of Topliss-reactive ketones (excluding diaryl/α,β-unsaturated/α-hetero) is 1. The zero-order valence-corrected chi connectivity index (χ0v) is 11.2. The number of halogens is 4. The van der Waals surface area contributed by atoms with Crippen molar-refractivity contribution in [2.45, 2.75) is 19.4 Å². The number of aryl methyl sites for hydroxylation is 1. The van der Waals surface area contributed by atoms with E-state index in [0.717, 1.165) is 6.42 Å². The highest BCUT2D eigenvalue weighted by Crippen LogP contribution is 2.19. The third-order valence-electron chi connectivity index (χ3n) is 3.43. The highest BCUT2D eigenvalue weighted by Gasteiger charge is 2.19. The lowest BCUT2D eigenvalue weighted by atomic mass is 10.1. The highest BCUT2D eigenvalue weighted by molar-refractivity contribution is 5.95. The summed E-state index contributed by atoms with van der Waals surface area (Å²) < 4.78 is 54.3. The number of aromatic nitrogens is 1. The fourth-order valence-corrected chi connectivity index (χ4v) is 2.34. The zero-order valence-electron chi connectivity index (χ0n) is 11.2. The molecule has 1 aliphatic heterocycles. The molecule has 0 unspecified atom stereocenters. The Morgan fingerprint density at radius 2 is 1.77 bits per heavy atom. The van der Waals surface area contributed by atoms with Gasteiger partial charge in [0.05, 0.1) is 11.3 Å². The van der Waals surface area contributed by atoms with E-state index in [1.54, 1.807) is 16.8 Å². The van der Waals surface area contributed by atoms with E-state index in [2.05, 4.69) is 11.8 Å². The van der Waals surface area contributed by atoms with Crippen LogP contribution in [0.5, 0.6) is 0 Å². The van der Waals surface area contributed by atoms with Gasteiger partial charge in [-0.3, -0.25) is 4.79 Å². The Bertz CT molecular complexity index is 842. The molecule has 2 aromatic rings. The number of fused-ring (bicyclic) bond motifs is 1.